The molecule has 0 amide bonds. The van der Waals surface area contributed by atoms with E-state index in [-0.39, 0.29) is 24.3 Å². The highest BCUT2D eigenvalue weighted by atomic mass is 16.5. The van der Waals surface area contributed by atoms with Gasteiger partial charge in [-0.25, -0.2) is 4.79 Å². The minimum absolute atomic E-state index is 0.00658. The lowest BCUT2D eigenvalue weighted by Gasteiger charge is -2.16. The monoisotopic (exact) mass is 525 g/mol. The second-order valence-corrected chi connectivity index (χ2v) is 8.54. The van der Waals surface area contributed by atoms with E-state index in [0.29, 0.717) is 41.9 Å². The Kier molecular flexibility index (Phi) is 8.22. The third-order valence-electron chi connectivity index (χ3n) is 6.05. The number of rotatable bonds is 12. The van der Waals surface area contributed by atoms with Crippen LogP contribution in [0, 0.1) is 0 Å². The molecule has 0 fully saturated rings. The van der Waals surface area contributed by atoms with Gasteiger partial charge in [0.25, 0.3) is 5.56 Å². The summed E-state index contributed by atoms with van der Waals surface area (Å²) in [6.45, 7) is 0.441. The van der Waals surface area contributed by atoms with Gasteiger partial charge in [-0.15, -0.1) is 0 Å². The van der Waals surface area contributed by atoms with Crippen LogP contribution in [0.4, 0.5) is 5.95 Å². The van der Waals surface area contributed by atoms with Gasteiger partial charge in [-0.05, 0) is 48.4 Å². The SMILES string of the molecule is COc1ccc(OC[C@H](O)Cn2c(NCCc3ccc(OC)c(OC)c3)nc3c2c(=O)[nH]c(=O)n3C)cc1. The number of imidazole rings is 1. The number of methoxy groups -OCH3 is 3. The van der Waals surface area contributed by atoms with Crippen LogP contribution >= 0.6 is 0 Å². The number of hydrogen-bond acceptors (Lipinski definition) is 9. The van der Waals surface area contributed by atoms with Crippen LogP contribution in [0.5, 0.6) is 23.0 Å². The van der Waals surface area contributed by atoms with Gasteiger partial charge in [0.1, 0.15) is 24.2 Å². The minimum atomic E-state index is -0.975. The average Bonchev–Trinajstić information content (AvgIpc) is 3.29. The first kappa shape index (κ1) is 26.6. The predicted octanol–water partition coefficient (Wildman–Crippen LogP) is 1.54. The van der Waals surface area contributed by atoms with Gasteiger partial charge in [-0.1, -0.05) is 6.07 Å². The zero-order chi connectivity index (χ0) is 27.2. The number of aliphatic hydroxyl groups excluding tert-OH is 1. The summed E-state index contributed by atoms with van der Waals surface area (Å²) in [5.74, 6) is 2.86. The third-order valence-corrected chi connectivity index (χ3v) is 6.05. The zero-order valence-corrected chi connectivity index (χ0v) is 21.7. The van der Waals surface area contributed by atoms with E-state index in [9.17, 15) is 14.7 Å². The number of nitrogens with one attached hydrogen (secondary N) is 2. The molecule has 0 spiro atoms. The molecule has 0 aliphatic heterocycles. The minimum Gasteiger partial charge on any atom is -0.497 e. The van der Waals surface area contributed by atoms with E-state index in [1.54, 1.807) is 50.2 Å². The lowest BCUT2D eigenvalue weighted by molar-refractivity contribution is 0.0938. The second kappa shape index (κ2) is 11.7. The van der Waals surface area contributed by atoms with Gasteiger partial charge in [0.2, 0.25) is 5.95 Å². The van der Waals surface area contributed by atoms with Crippen molar-refractivity contribution in [1.29, 1.82) is 0 Å². The first-order chi connectivity index (χ1) is 18.3. The number of aromatic amines is 1. The number of anilines is 1. The van der Waals surface area contributed by atoms with Gasteiger partial charge in [0.15, 0.2) is 22.7 Å². The Balaban J connectivity index is 1.53. The molecule has 2 aromatic carbocycles. The van der Waals surface area contributed by atoms with E-state index in [1.807, 2.05) is 18.2 Å². The van der Waals surface area contributed by atoms with E-state index in [1.165, 1.54) is 11.6 Å². The lowest BCUT2D eigenvalue weighted by atomic mass is 10.1. The first-order valence-corrected chi connectivity index (χ1v) is 11.9. The van der Waals surface area contributed by atoms with Gasteiger partial charge in [0, 0.05) is 13.6 Å². The van der Waals surface area contributed by atoms with Crippen LogP contribution in [-0.2, 0) is 20.0 Å². The molecule has 0 aliphatic rings. The summed E-state index contributed by atoms with van der Waals surface area (Å²) in [6, 6.07) is 12.6. The summed E-state index contributed by atoms with van der Waals surface area (Å²) in [5, 5.41) is 14.0. The summed E-state index contributed by atoms with van der Waals surface area (Å²) in [6.07, 6.45) is -0.361. The maximum atomic E-state index is 12.7. The molecule has 12 nitrogen and oxygen atoms in total. The molecule has 2 heterocycles. The molecule has 0 saturated carbocycles. The number of aliphatic hydroxyl groups is 1. The highest BCUT2D eigenvalue weighted by Crippen LogP contribution is 2.27. The lowest BCUT2D eigenvalue weighted by Crippen LogP contribution is -2.31. The van der Waals surface area contributed by atoms with Crippen molar-refractivity contribution in [2.24, 2.45) is 7.05 Å². The van der Waals surface area contributed by atoms with Crippen molar-refractivity contribution in [2.45, 2.75) is 19.1 Å². The molecule has 38 heavy (non-hydrogen) atoms. The number of aromatic nitrogens is 4. The summed E-state index contributed by atoms with van der Waals surface area (Å²) < 4.78 is 24.3. The summed E-state index contributed by atoms with van der Waals surface area (Å²) >= 11 is 0. The maximum Gasteiger partial charge on any atom is 0.329 e. The van der Waals surface area contributed by atoms with Crippen molar-refractivity contribution in [3.63, 3.8) is 0 Å². The van der Waals surface area contributed by atoms with Gasteiger partial charge < -0.3 is 33.9 Å². The standard InChI is InChI=1S/C26H31N5O7/c1-30-23-22(24(33)29-26(30)34)31(14-17(32)15-38-19-8-6-18(35-2)7-9-19)25(28-23)27-12-11-16-5-10-20(36-3)21(13-16)37-4/h5-10,13,17,32H,11-12,14-15H2,1-4H3,(H,27,28)(H,29,33,34)/t17-/m1/s1. The Bertz CT molecular complexity index is 1510. The Morgan fingerprint density at radius 3 is 2.39 bits per heavy atom. The van der Waals surface area contributed by atoms with E-state index < -0.39 is 17.4 Å². The highest BCUT2D eigenvalue weighted by molar-refractivity contribution is 5.74. The fraction of sp³-hybridized carbons (Fsp3) is 0.346. The quantitative estimate of drug-likeness (QED) is 0.251. The molecule has 0 bridgehead atoms. The van der Waals surface area contributed by atoms with Crippen molar-refractivity contribution in [3.05, 3.63) is 68.9 Å². The van der Waals surface area contributed by atoms with Gasteiger partial charge in [-0.2, -0.15) is 4.98 Å². The number of ether oxygens (including phenoxy) is 4. The second-order valence-electron chi connectivity index (χ2n) is 8.54. The van der Waals surface area contributed by atoms with E-state index in [0.717, 1.165) is 5.56 Å². The van der Waals surface area contributed by atoms with Gasteiger partial charge in [0.05, 0.1) is 27.9 Å². The number of aryl methyl sites for hydroxylation is 1. The van der Waals surface area contributed by atoms with Crippen LogP contribution < -0.4 is 35.5 Å². The van der Waals surface area contributed by atoms with Gasteiger partial charge in [-0.3, -0.25) is 14.3 Å². The number of fused-ring (bicyclic) bond motifs is 1. The smallest absolute Gasteiger partial charge is 0.329 e. The molecule has 202 valence electrons. The van der Waals surface area contributed by atoms with E-state index in [2.05, 4.69) is 15.3 Å². The molecule has 3 N–H and O–H groups in total. The van der Waals surface area contributed by atoms with Crippen LogP contribution in [0.3, 0.4) is 0 Å². The first-order valence-electron chi connectivity index (χ1n) is 11.9. The summed E-state index contributed by atoms with van der Waals surface area (Å²) in [7, 11) is 6.25. The van der Waals surface area contributed by atoms with Gasteiger partial charge >= 0.3 is 5.69 Å². The molecule has 0 saturated heterocycles. The molecule has 4 rings (SSSR count). The molecular weight excluding hydrogens is 494 g/mol. The molecule has 2 aromatic heterocycles. The summed E-state index contributed by atoms with van der Waals surface area (Å²) in [4.78, 5) is 31.7. The van der Waals surface area contributed by atoms with Crippen molar-refractivity contribution in [2.75, 3.05) is 39.8 Å². The summed E-state index contributed by atoms with van der Waals surface area (Å²) in [5.41, 5.74) is 0.204. The van der Waals surface area contributed by atoms with Crippen LogP contribution in [0.2, 0.25) is 0 Å². The van der Waals surface area contributed by atoms with E-state index in [4.69, 9.17) is 18.9 Å². The normalized spacial score (nSPS) is 11.8. The zero-order valence-electron chi connectivity index (χ0n) is 21.7. The Labute approximate surface area is 218 Å². The third kappa shape index (κ3) is 5.75. The van der Waals surface area contributed by atoms with Crippen molar-refractivity contribution in [3.8, 4) is 23.0 Å². The van der Waals surface area contributed by atoms with Crippen molar-refractivity contribution >= 4 is 17.1 Å². The Morgan fingerprint density at radius 2 is 1.71 bits per heavy atom. The predicted molar refractivity (Wildman–Crippen MR) is 142 cm³/mol. The van der Waals surface area contributed by atoms with Crippen LogP contribution in [0.25, 0.3) is 11.2 Å². The molecule has 12 heteroatoms. The number of H-pyrrole nitrogens is 1. The number of benzene rings is 2. The van der Waals surface area contributed by atoms with Crippen LogP contribution in [0.15, 0.2) is 52.1 Å². The van der Waals surface area contributed by atoms with Crippen LogP contribution in [0.1, 0.15) is 5.56 Å². The number of nitrogens with zero attached hydrogens (tertiary/aromatic N) is 3. The topological polar surface area (TPSA) is 142 Å². The van der Waals surface area contributed by atoms with Crippen molar-refractivity contribution < 1.29 is 24.1 Å². The average molecular weight is 526 g/mol. The number of hydrogen-bond donors (Lipinski definition) is 3. The molecule has 0 unspecified atom stereocenters. The molecule has 4 aromatic rings. The van der Waals surface area contributed by atoms with E-state index >= 15 is 0 Å². The highest BCUT2D eigenvalue weighted by Gasteiger charge is 2.20. The Hall–Kier alpha value is -4.45. The molecule has 0 aliphatic carbocycles. The maximum absolute atomic E-state index is 12.7. The Morgan fingerprint density at radius 1 is 1.00 bits per heavy atom. The fourth-order valence-corrected chi connectivity index (χ4v) is 4.03. The fourth-order valence-electron chi connectivity index (χ4n) is 4.03. The largest absolute Gasteiger partial charge is 0.497 e. The molecule has 0 radical (unpaired) electrons. The van der Waals surface area contributed by atoms with Crippen LogP contribution in [-0.4, -0.2) is 64.8 Å². The molecular formula is C26H31N5O7. The molecule has 1 atom stereocenters. The van der Waals surface area contributed by atoms with Crippen molar-refractivity contribution in [1.82, 2.24) is 19.1 Å².